The van der Waals surface area contributed by atoms with Crippen LogP contribution >= 0.6 is 12.4 Å². The Bertz CT molecular complexity index is 756. The summed E-state index contributed by atoms with van der Waals surface area (Å²) in [4.78, 5) is 30.8. The number of fused-ring (bicyclic) bond motifs is 1. The lowest BCUT2D eigenvalue weighted by atomic mass is 10.4. The fourth-order valence-electron chi connectivity index (χ4n) is 2.30. The molecule has 0 saturated heterocycles. The lowest BCUT2D eigenvalue weighted by Gasteiger charge is -2.12. The van der Waals surface area contributed by atoms with Crippen LogP contribution in [0, 0.1) is 0 Å². The third-order valence-electron chi connectivity index (χ3n) is 3.51. The summed E-state index contributed by atoms with van der Waals surface area (Å²) in [5.74, 6) is 0.833. The maximum atomic E-state index is 12.4. The van der Waals surface area contributed by atoms with Crippen LogP contribution < -0.4 is 11.2 Å². The summed E-state index contributed by atoms with van der Waals surface area (Å²) in [6, 6.07) is 0. The summed E-state index contributed by atoms with van der Waals surface area (Å²) >= 11 is 0. The molecular weight excluding hydrogens is 294 g/mol. The summed E-state index contributed by atoms with van der Waals surface area (Å²) in [7, 11) is 7.11. The number of rotatable bonds is 4. The molecular formula is C13H22ClN5O2. The van der Waals surface area contributed by atoms with Crippen LogP contribution in [0.25, 0.3) is 11.2 Å². The van der Waals surface area contributed by atoms with E-state index in [0.717, 1.165) is 23.4 Å². The number of halogens is 1. The number of hydrogen-bond donors (Lipinski definition) is 0. The van der Waals surface area contributed by atoms with Gasteiger partial charge in [-0.15, -0.1) is 12.4 Å². The zero-order valence-electron chi connectivity index (χ0n) is 13.1. The van der Waals surface area contributed by atoms with E-state index in [1.807, 2.05) is 25.6 Å². The van der Waals surface area contributed by atoms with Gasteiger partial charge in [0.1, 0.15) is 5.82 Å². The monoisotopic (exact) mass is 315 g/mol. The van der Waals surface area contributed by atoms with Crippen molar-refractivity contribution in [1.29, 1.82) is 0 Å². The van der Waals surface area contributed by atoms with Gasteiger partial charge in [-0.25, -0.2) is 9.78 Å². The van der Waals surface area contributed by atoms with Crippen LogP contribution in [-0.4, -0.2) is 44.2 Å². The molecule has 2 heterocycles. The number of aryl methyl sites for hydroxylation is 2. The molecule has 21 heavy (non-hydrogen) atoms. The van der Waals surface area contributed by atoms with Gasteiger partial charge >= 0.3 is 5.69 Å². The topological polar surface area (TPSA) is 65.1 Å². The third kappa shape index (κ3) is 2.89. The van der Waals surface area contributed by atoms with E-state index in [2.05, 4.69) is 9.88 Å². The van der Waals surface area contributed by atoms with Gasteiger partial charge in [-0.1, -0.05) is 6.92 Å². The second-order valence-electron chi connectivity index (χ2n) is 5.21. The Labute approximate surface area is 129 Å². The molecule has 0 bridgehead atoms. The van der Waals surface area contributed by atoms with Crippen LogP contribution in [0.3, 0.4) is 0 Å². The first-order chi connectivity index (χ1) is 9.38. The quantitative estimate of drug-likeness (QED) is 0.795. The second-order valence-corrected chi connectivity index (χ2v) is 5.21. The zero-order chi connectivity index (χ0) is 15.0. The number of aromatic nitrogens is 4. The molecule has 0 aromatic carbocycles. The molecule has 0 aliphatic heterocycles. The lowest BCUT2D eigenvalue weighted by molar-refractivity contribution is 0.383. The smallest absolute Gasteiger partial charge is 0.321 e. The highest BCUT2D eigenvalue weighted by Crippen LogP contribution is 2.11. The maximum absolute atomic E-state index is 12.4. The Morgan fingerprint density at radius 2 is 1.76 bits per heavy atom. The van der Waals surface area contributed by atoms with Gasteiger partial charge in [-0.2, -0.15) is 0 Å². The van der Waals surface area contributed by atoms with Gasteiger partial charge in [0.15, 0.2) is 11.2 Å². The first-order valence-electron chi connectivity index (χ1n) is 6.68. The molecule has 8 heteroatoms. The van der Waals surface area contributed by atoms with E-state index in [-0.39, 0.29) is 23.7 Å². The molecule has 0 fully saturated rings. The predicted molar refractivity (Wildman–Crippen MR) is 85.4 cm³/mol. The van der Waals surface area contributed by atoms with Crippen LogP contribution in [0.2, 0.25) is 0 Å². The fraction of sp³-hybridized carbons (Fsp3) is 0.615. The van der Waals surface area contributed by atoms with Crippen molar-refractivity contribution in [2.45, 2.75) is 19.9 Å². The largest absolute Gasteiger partial charge is 0.332 e. The van der Waals surface area contributed by atoms with E-state index >= 15 is 0 Å². The Morgan fingerprint density at radius 3 is 2.29 bits per heavy atom. The van der Waals surface area contributed by atoms with Gasteiger partial charge in [0.25, 0.3) is 5.56 Å². The van der Waals surface area contributed by atoms with Gasteiger partial charge in [0.05, 0.1) is 0 Å². The van der Waals surface area contributed by atoms with E-state index < -0.39 is 0 Å². The lowest BCUT2D eigenvalue weighted by Crippen LogP contribution is -2.37. The second kappa shape index (κ2) is 6.44. The van der Waals surface area contributed by atoms with Crippen molar-refractivity contribution in [1.82, 2.24) is 23.6 Å². The van der Waals surface area contributed by atoms with Crippen LogP contribution in [0.5, 0.6) is 0 Å². The molecule has 0 amide bonds. The molecule has 0 saturated carbocycles. The first-order valence-corrected chi connectivity index (χ1v) is 6.68. The van der Waals surface area contributed by atoms with Crippen LogP contribution in [0.4, 0.5) is 0 Å². The minimum absolute atomic E-state index is 0. The van der Waals surface area contributed by atoms with Crippen molar-refractivity contribution in [2.24, 2.45) is 14.1 Å². The molecule has 0 N–H and O–H groups in total. The van der Waals surface area contributed by atoms with Crippen molar-refractivity contribution in [3.05, 3.63) is 26.7 Å². The van der Waals surface area contributed by atoms with Crippen LogP contribution in [-0.2, 0) is 27.1 Å². The molecule has 0 atom stereocenters. The summed E-state index contributed by atoms with van der Waals surface area (Å²) < 4.78 is 4.49. The Balaban J connectivity index is 0.00000220. The third-order valence-corrected chi connectivity index (χ3v) is 3.51. The highest BCUT2D eigenvalue weighted by molar-refractivity contribution is 5.85. The summed E-state index contributed by atoms with van der Waals surface area (Å²) in [6.07, 6.45) is 0.722. The van der Waals surface area contributed by atoms with Gasteiger partial charge in [0.2, 0.25) is 0 Å². The highest BCUT2D eigenvalue weighted by Gasteiger charge is 2.17. The Hall–Kier alpha value is -1.60. The van der Waals surface area contributed by atoms with Gasteiger partial charge in [-0.3, -0.25) is 13.9 Å². The summed E-state index contributed by atoms with van der Waals surface area (Å²) in [5, 5.41) is 0. The number of likely N-dealkylation sites (N-methyl/N-ethyl adjacent to an activating group) is 1. The average molecular weight is 316 g/mol. The molecule has 118 valence electrons. The molecule has 0 aliphatic carbocycles. The van der Waals surface area contributed by atoms with Crippen LogP contribution in [0.1, 0.15) is 12.7 Å². The highest BCUT2D eigenvalue weighted by atomic mass is 35.5. The molecule has 2 rings (SSSR count). The van der Waals surface area contributed by atoms with Crippen molar-refractivity contribution < 1.29 is 0 Å². The maximum Gasteiger partial charge on any atom is 0.332 e. The van der Waals surface area contributed by atoms with Gasteiger partial charge in [0, 0.05) is 33.6 Å². The SMILES string of the molecule is CCc1nc2c(c(=O)n(C)c(=O)n2C)n1CCN(C)C.Cl. The Morgan fingerprint density at radius 1 is 1.14 bits per heavy atom. The number of imidazole rings is 1. The predicted octanol–water partition coefficient (Wildman–Crippen LogP) is -0.0205. The molecule has 2 aromatic heterocycles. The molecule has 7 nitrogen and oxygen atoms in total. The summed E-state index contributed by atoms with van der Waals surface area (Å²) in [5.41, 5.74) is 0.346. The molecule has 0 aliphatic rings. The van der Waals surface area contributed by atoms with Crippen LogP contribution in [0.15, 0.2) is 9.59 Å². The van der Waals surface area contributed by atoms with Crippen molar-refractivity contribution in [3.8, 4) is 0 Å². The van der Waals surface area contributed by atoms with E-state index in [1.165, 1.54) is 11.6 Å². The average Bonchev–Trinajstić information content (AvgIpc) is 2.79. The Kier molecular flexibility index (Phi) is 5.36. The van der Waals surface area contributed by atoms with E-state index in [1.54, 1.807) is 7.05 Å². The molecule has 0 spiro atoms. The van der Waals surface area contributed by atoms with Gasteiger partial charge < -0.3 is 9.47 Å². The molecule has 2 aromatic rings. The number of hydrogen-bond acceptors (Lipinski definition) is 4. The van der Waals surface area contributed by atoms with E-state index in [9.17, 15) is 9.59 Å². The van der Waals surface area contributed by atoms with Crippen molar-refractivity contribution in [3.63, 3.8) is 0 Å². The van der Waals surface area contributed by atoms with E-state index in [4.69, 9.17) is 0 Å². The summed E-state index contributed by atoms with van der Waals surface area (Å²) in [6.45, 7) is 3.49. The first kappa shape index (κ1) is 17.5. The standard InChI is InChI=1S/C13H21N5O2.ClH/c1-6-9-14-11-10(18(9)8-7-15(2)3)12(19)17(5)13(20)16(11)4;/h6-8H2,1-5H3;1H. The minimum Gasteiger partial charge on any atom is -0.321 e. The minimum atomic E-state index is -0.345. The van der Waals surface area contributed by atoms with Crippen molar-refractivity contribution >= 4 is 23.6 Å². The van der Waals surface area contributed by atoms with Gasteiger partial charge in [-0.05, 0) is 14.1 Å². The normalized spacial score (nSPS) is 11.1. The van der Waals surface area contributed by atoms with E-state index in [0.29, 0.717) is 17.7 Å². The number of nitrogens with zero attached hydrogens (tertiary/aromatic N) is 5. The molecule has 0 unspecified atom stereocenters. The zero-order valence-corrected chi connectivity index (χ0v) is 13.9. The molecule has 0 radical (unpaired) electrons. The van der Waals surface area contributed by atoms with Crippen molar-refractivity contribution in [2.75, 3.05) is 20.6 Å². The fourth-order valence-corrected chi connectivity index (χ4v) is 2.30.